The highest BCUT2D eigenvalue weighted by molar-refractivity contribution is 5.84. The van der Waals surface area contributed by atoms with Crippen molar-refractivity contribution in [1.29, 1.82) is 0 Å². The van der Waals surface area contributed by atoms with Crippen LogP contribution in [0, 0.1) is 14.1 Å². The summed E-state index contributed by atoms with van der Waals surface area (Å²) in [6.45, 7) is 0.465. The fraction of sp³-hybridized carbons (Fsp3) is 0.400. The van der Waals surface area contributed by atoms with Gasteiger partial charge in [0.15, 0.2) is 5.78 Å². The van der Waals surface area contributed by atoms with Crippen LogP contribution in [0.25, 0.3) is 0 Å². The van der Waals surface area contributed by atoms with E-state index in [0.29, 0.717) is 0 Å². The third kappa shape index (κ3) is 0.877. The van der Waals surface area contributed by atoms with Crippen molar-refractivity contribution in [2.24, 2.45) is 0 Å². The first-order valence-corrected chi connectivity index (χ1v) is 2.26. The lowest BCUT2D eigenvalue weighted by molar-refractivity contribution is -0.116. The smallest absolute Gasteiger partial charge is 0.163 e. The Morgan fingerprint density at radius 2 is 1.62 bits per heavy atom. The van der Waals surface area contributed by atoms with Gasteiger partial charge < -0.3 is 0 Å². The molecule has 1 heterocycles. The van der Waals surface area contributed by atoms with Gasteiger partial charge >= 0.3 is 0 Å². The zero-order valence-corrected chi connectivity index (χ0v) is 4.37. The molecule has 4 radical (unpaired) electrons. The van der Waals surface area contributed by atoms with E-state index in [-0.39, 0.29) is 18.9 Å². The lowest BCUT2D eigenvalue weighted by Gasteiger charge is -2.13. The second-order valence-electron chi connectivity index (χ2n) is 1.73. The summed E-state index contributed by atoms with van der Waals surface area (Å²) >= 11 is 0. The Kier molecular flexibility index (Phi) is 1.31. The molecule has 0 aromatic carbocycles. The van der Waals surface area contributed by atoms with Gasteiger partial charge in [-0.05, 0) is 0 Å². The molecule has 1 rings (SSSR count). The minimum absolute atomic E-state index is 0.0509. The lowest BCUT2D eigenvalue weighted by atomic mass is 10.4. The molecule has 0 spiro atoms. The van der Waals surface area contributed by atoms with Crippen molar-refractivity contribution in [2.75, 3.05) is 13.1 Å². The molecule has 0 aromatic rings. The summed E-state index contributed by atoms with van der Waals surface area (Å²) in [7, 11) is 10.4. The number of ketones is 1. The summed E-state index contributed by atoms with van der Waals surface area (Å²) in [5.74, 6) is 0.0509. The molecule has 1 aliphatic rings. The van der Waals surface area contributed by atoms with Crippen molar-refractivity contribution >= 4 is 5.78 Å². The van der Waals surface area contributed by atoms with Gasteiger partial charge in [-0.15, -0.1) is 0 Å². The molecule has 1 fully saturated rings. The highest BCUT2D eigenvalue weighted by Crippen LogP contribution is 2.01. The van der Waals surface area contributed by atoms with Gasteiger partial charge in [-0.2, -0.15) is 0 Å². The number of Topliss-reactive ketones (excluding diaryl/α,β-unsaturated/α-hetero) is 1. The topological polar surface area (TPSA) is 23.6 Å². The maximum Gasteiger partial charge on any atom is 0.163 e. The van der Waals surface area contributed by atoms with E-state index in [1.165, 1.54) is 10.0 Å². The Balaban J connectivity index is 2.51. The van der Waals surface area contributed by atoms with Crippen LogP contribution in [0.3, 0.4) is 0 Å². The largest absolute Gasteiger partial charge is 0.297 e. The Morgan fingerprint density at radius 1 is 1.25 bits per heavy atom. The van der Waals surface area contributed by atoms with Crippen LogP contribution in [0.2, 0.25) is 0 Å². The normalized spacial score (nSPS) is 25.0. The minimum atomic E-state index is 0.0509. The van der Waals surface area contributed by atoms with Crippen LogP contribution in [-0.4, -0.2) is 28.9 Å². The van der Waals surface area contributed by atoms with E-state index in [0.717, 1.165) is 0 Å². The standard InChI is InChI=1S/C5H6N2O/c1-6-3-5(8)4-7(6)2/h1-2H,3-4H2. The van der Waals surface area contributed by atoms with Crippen molar-refractivity contribution in [3.8, 4) is 0 Å². The second-order valence-corrected chi connectivity index (χ2v) is 1.73. The van der Waals surface area contributed by atoms with E-state index in [4.69, 9.17) is 14.1 Å². The summed E-state index contributed by atoms with van der Waals surface area (Å²) in [6, 6.07) is 0. The van der Waals surface area contributed by atoms with Crippen LogP contribution < -0.4 is 0 Å². The molecule has 0 atom stereocenters. The Bertz CT molecular complexity index is 101. The Hall–Kier alpha value is -0.410. The van der Waals surface area contributed by atoms with Crippen LogP contribution in [0.15, 0.2) is 0 Å². The molecule has 8 heavy (non-hydrogen) atoms. The number of hydrogen-bond acceptors (Lipinski definition) is 3. The second kappa shape index (κ2) is 1.84. The number of hydrazine groups is 1. The summed E-state index contributed by atoms with van der Waals surface area (Å²) < 4.78 is 0. The highest BCUT2D eigenvalue weighted by atomic mass is 16.1. The molecule has 0 aromatic heterocycles. The van der Waals surface area contributed by atoms with E-state index < -0.39 is 0 Å². The molecule has 3 nitrogen and oxygen atoms in total. The predicted octanol–water partition coefficient (Wildman–Crippen LogP) is -0.575. The summed E-state index contributed by atoms with van der Waals surface area (Å²) in [5, 5.41) is 2.37. The predicted molar refractivity (Wildman–Crippen MR) is 27.0 cm³/mol. The fourth-order valence-corrected chi connectivity index (χ4v) is 0.593. The highest BCUT2D eigenvalue weighted by Gasteiger charge is 2.21. The van der Waals surface area contributed by atoms with E-state index in [1.54, 1.807) is 0 Å². The van der Waals surface area contributed by atoms with Gasteiger partial charge in [0.2, 0.25) is 0 Å². The maximum absolute atomic E-state index is 10.4. The maximum atomic E-state index is 10.4. The minimum Gasteiger partial charge on any atom is -0.297 e. The Labute approximate surface area is 48.8 Å². The quantitative estimate of drug-likeness (QED) is 0.417. The Morgan fingerprint density at radius 3 is 1.75 bits per heavy atom. The molecule has 42 valence electrons. The average Bonchev–Trinajstić information content (AvgIpc) is 1.85. The van der Waals surface area contributed by atoms with Gasteiger partial charge in [-0.25, -0.2) is 10.0 Å². The first kappa shape index (κ1) is 5.72. The van der Waals surface area contributed by atoms with Crippen LogP contribution in [-0.2, 0) is 4.79 Å². The van der Waals surface area contributed by atoms with Crippen molar-refractivity contribution in [3.63, 3.8) is 0 Å². The lowest BCUT2D eigenvalue weighted by Crippen LogP contribution is -2.24. The van der Waals surface area contributed by atoms with Gasteiger partial charge in [0.25, 0.3) is 0 Å². The van der Waals surface area contributed by atoms with Crippen molar-refractivity contribution in [3.05, 3.63) is 14.1 Å². The summed E-state index contributed by atoms with van der Waals surface area (Å²) in [6.07, 6.45) is 0. The number of carbonyl (C=O) groups is 1. The molecule has 0 bridgehead atoms. The molecule has 0 amide bonds. The molecular formula is C5H6N2O. The molecule has 1 saturated heterocycles. The monoisotopic (exact) mass is 110 g/mol. The van der Waals surface area contributed by atoms with Crippen molar-refractivity contribution in [2.45, 2.75) is 0 Å². The molecule has 0 unspecified atom stereocenters. The molecule has 0 saturated carbocycles. The van der Waals surface area contributed by atoms with E-state index in [1.807, 2.05) is 0 Å². The average molecular weight is 110 g/mol. The van der Waals surface area contributed by atoms with Crippen LogP contribution in [0.4, 0.5) is 0 Å². The van der Waals surface area contributed by atoms with Gasteiger partial charge in [0, 0.05) is 0 Å². The van der Waals surface area contributed by atoms with Crippen LogP contribution in [0.5, 0.6) is 0 Å². The van der Waals surface area contributed by atoms with Crippen LogP contribution in [0.1, 0.15) is 0 Å². The number of nitrogens with zero attached hydrogens (tertiary/aromatic N) is 2. The zero-order valence-electron chi connectivity index (χ0n) is 4.37. The van der Waals surface area contributed by atoms with Gasteiger partial charge in [0.1, 0.15) is 0 Å². The van der Waals surface area contributed by atoms with Gasteiger partial charge in [-0.3, -0.25) is 4.79 Å². The van der Waals surface area contributed by atoms with Crippen molar-refractivity contribution < 1.29 is 4.79 Å². The first-order valence-electron chi connectivity index (χ1n) is 2.26. The summed E-state index contributed by atoms with van der Waals surface area (Å²) in [5.41, 5.74) is 0. The molecule has 3 heteroatoms. The molecule has 0 N–H and O–H groups in total. The zero-order chi connectivity index (χ0) is 6.15. The van der Waals surface area contributed by atoms with Gasteiger partial charge in [-0.1, -0.05) is 0 Å². The van der Waals surface area contributed by atoms with E-state index in [2.05, 4.69) is 0 Å². The third-order valence-electron chi connectivity index (χ3n) is 1.01. The number of carbonyl (C=O) groups excluding carboxylic acids is 1. The third-order valence-corrected chi connectivity index (χ3v) is 1.01. The first-order chi connectivity index (χ1) is 3.70. The van der Waals surface area contributed by atoms with Gasteiger partial charge in [0.05, 0.1) is 27.2 Å². The van der Waals surface area contributed by atoms with E-state index >= 15 is 0 Å². The molecule has 0 aliphatic carbocycles. The molecular weight excluding hydrogens is 104 g/mol. The summed E-state index contributed by atoms with van der Waals surface area (Å²) in [4.78, 5) is 10.4. The van der Waals surface area contributed by atoms with Crippen LogP contribution >= 0.6 is 0 Å². The number of hydrogen-bond donors (Lipinski definition) is 0. The van der Waals surface area contributed by atoms with Crippen molar-refractivity contribution in [1.82, 2.24) is 10.0 Å². The van der Waals surface area contributed by atoms with E-state index in [9.17, 15) is 4.79 Å². The molecule has 1 aliphatic heterocycles. The number of rotatable bonds is 0. The SMILES string of the molecule is [CH]N1CC(=O)CN1[CH]. The fourth-order valence-electron chi connectivity index (χ4n) is 0.593.